The predicted octanol–water partition coefficient (Wildman–Crippen LogP) is 5.77. The van der Waals surface area contributed by atoms with E-state index in [-0.39, 0.29) is 18.3 Å². The van der Waals surface area contributed by atoms with Gasteiger partial charge in [-0.1, -0.05) is 121 Å². The molecule has 5 aromatic carbocycles. The highest BCUT2D eigenvalue weighted by Gasteiger charge is 2.50. The van der Waals surface area contributed by atoms with Crippen molar-refractivity contribution in [1.82, 2.24) is 10.4 Å². The molecule has 1 atom stereocenters. The van der Waals surface area contributed by atoms with E-state index < -0.39 is 11.6 Å². The fourth-order valence-electron chi connectivity index (χ4n) is 5.46. The number of phenolic OH excluding ortho intramolecular Hbond substituents is 1. The van der Waals surface area contributed by atoms with Gasteiger partial charge in [-0.15, -0.1) is 0 Å². The molecule has 1 amide bonds. The molecule has 1 heterocycles. The summed E-state index contributed by atoms with van der Waals surface area (Å²) < 4.78 is 0. The first-order valence-electron chi connectivity index (χ1n) is 12.8. The number of benzene rings is 5. The summed E-state index contributed by atoms with van der Waals surface area (Å²) in [6.45, 7) is 0.508. The lowest BCUT2D eigenvalue weighted by molar-refractivity contribution is -0.183. The van der Waals surface area contributed by atoms with Gasteiger partial charge >= 0.3 is 0 Å². The lowest BCUT2D eigenvalue weighted by Crippen LogP contribution is -2.50. The smallest absolute Gasteiger partial charge is 0.267 e. The fraction of sp³-hybridized carbons (Fsp3) is 0.121. The molecule has 1 aliphatic heterocycles. The summed E-state index contributed by atoms with van der Waals surface area (Å²) >= 11 is 0. The minimum Gasteiger partial charge on any atom is -0.508 e. The number of hydrogen-bond donors (Lipinski definition) is 2. The molecule has 0 spiro atoms. The van der Waals surface area contributed by atoms with E-state index in [1.54, 1.807) is 6.07 Å². The average Bonchev–Trinajstić information content (AvgIpc) is 3.35. The number of aromatic hydroxyl groups is 1. The largest absolute Gasteiger partial charge is 0.508 e. The maximum Gasteiger partial charge on any atom is 0.267 e. The minimum absolute atomic E-state index is 0.165. The molecule has 0 bridgehead atoms. The molecule has 6 rings (SSSR count). The Morgan fingerprint density at radius 1 is 0.737 bits per heavy atom. The Balaban J connectivity index is 1.40. The normalized spacial score (nSPS) is 15.7. The van der Waals surface area contributed by atoms with E-state index in [1.165, 1.54) is 5.06 Å². The van der Waals surface area contributed by atoms with Crippen molar-refractivity contribution < 1.29 is 14.7 Å². The van der Waals surface area contributed by atoms with Gasteiger partial charge in [-0.2, -0.15) is 0 Å². The molecular formula is C33H28N2O3. The third-order valence-corrected chi connectivity index (χ3v) is 7.29. The predicted molar refractivity (Wildman–Crippen MR) is 148 cm³/mol. The summed E-state index contributed by atoms with van der Waals surface area (Å²) in [4.78, 5) is 20.4. The minimum atomic E-state index is -0.987. The number of hydrogen-bond acceptors (Lipinski definition) is 4. The maximum atomic E-state index is 14.1. The van der Waals surface area contributed by atoms with Crippen molar-refractivity contribution in [3.8, 4) is 5.75 Å². The van der Waals surface area contributed by atoms with E-state index in [4.69, 9.17) is 4.84 Å². The highest BCUT2D eigenvalue weighted by atomic mass is 16.7. The fourth-order valence-corrected chi connectivity index (χ4v) is 5.46. The van der Waals surface area contributed by atoms with Crippen LogP contribution in [0, 0.1) is 0 Å². The van der Waals surface area contributed by atoms with Gasteiger partial charge in [0, 0.05) is 12.1 Å². The van der Waals surface area contributed by atoms with Gasteiger partial charge in [0.2, 0.25) is 0 Å². The molecule has 1 unspecified atom stereocenters. The van der Waals surface area contributed by atoms with Crippen molar-refractivity contribution in [3.63, 3.8) is 0 Å². The van der Waals surface area contributed by atoms with Gasteiger partial charge in [0.05, 0.1) is 6.61 Å². The number of fused-ring (bicyclic) bond motifs is 1. The summed E-state index contributed by atoms with van der Waals surface area (Å²) in [5.41, 5.74) is 2.56. The van der Waals surface area contributed by atoms with Gasteiger partial charge in [0.1, 0.15) is 17.3 Å². The standard InChI is InChI=1S/C33H28N2O3/c36-31-21-20-24-12-10-11-19-28(24)29(31)22-34-30-23-38-35(32(30)37)33(25-13-4-1-5-14-25,26-15-6-2-7-16-26)27-17-8-3-9-18-27/h1-21,30,34,36H,22-23H2. The Labute approximate surface area is 221 Å². The number of amides is 1. The Kier molecular flexibility index (Phi) is 6.38. The van der Waals surface area contributed by atoms with E-state index in [0.717, 1.165) is 33.0 Å². The molecule has 0 saturated carbocycles. The second kappa shape index (κ2) is 10.1. The van der Waals surface area contributed by atoms with Crippen LogP contribution in [0.15, 0.2) is 127 Å². The van der Waals surface area contributed by atoms with Crippen LogP contribution in [0.5, 0.6) is 5.75 Å². The van der Waals surface area contributed by atoms with Gasteiger partial charge in [0.25, 0.3) is 5.91 Å². The van der Waals surface area contributed by atoms with Crippen molar-refractivity contribution in [2.24, 2.45) is 0 Å². The van der Waals surface area contributed by atoms with Crippen molar-refractivity contribution in [1.29, 1.82) is 0 Å². The summed E-state index contributed by atoms with van der Waals surface area (Å²) in [5, 5.41) is 17.5. The van der Waals surface area contributed by atoms with Gasteiger partial charge < -0.3 is 5.11 Å². The molecule has 0 aliphatic carbocycles. The van der Waals surface area contributed by atoms with Crippen LogP contribution in [0.2, 0.25) is 0 Å². The SMILES string of the molecule is O=C1C(NCc2c(O)ccc3ccccc23)CON1C(c1ccccc1)(c1ccccc1)c1ccccc1. The highest BCUT2D eigenvalue weighted by molar-refractivity contribution is 5.88. The molecule has 1 aliphatic rings. The molecule has 5 heteroatoms. The van der Waals surface area contributed by atoms with Crippen LogP contribution >= 0.6 is 0 Å². The Morgan fingerprint density at radius 2 is 1.26 bits per heavy atom. The second-order valence-corrected chi connectivity index (χ2v) is 9.45. The van der Waals surface area contributed by atoms with Gasteiger partial charge in [-0.05, 0) is 33.5 Å². The first kappa shape index (κ1) is 23.9. The van der Waals surface area contributed by atoms with E-state index in [1.807, 2.05) is 121 Å². The third kappa shape index (κ3) is 4.02. The second-order valence-electron chi connectivity index (χ2n) is 9.45. The zero-order valence-electron chi connectivity index (χ0n) is 20.8. The van der Waals surface area contributed by atoms with Crippen LogP contribution in [0.4, 0.5) is 0 Å². The first-order chi connectivity index (χ1) is 18.7. The topological polar surface area (TPSA) is 61.8 Å². The number of phenols is 1. The van der Waals surface area contributed by atoms with Gasteiger partial charge in [0.15, 0.2) is 0 Å². The van der Waals surface area contributed by atoms with Gasteiger partial charge in [-0.3, -0.25) is 14.9 Å². The number of carbonyl (C=O) groups is 1. The third-order valence-electron chi connectivity index (χ3n) is 7.29. The molecule has 188 valence electrons. The van der Waals surface area contributed by atoms with E-state index in [9.17, 15) is 9.90 Å². The van der Waals surface area contributed by atoms with E-state index in [0.29, 0.717) is 6.54 Å². The molecule has 1 saturated heterocycles. The first-order valence-corrected chi connectivity index (χ1v) is 12.8. The molecule has 0 radical (unpaired) electrons. The van der Waals surface area contributed by atoms with Crippen molar-refractivity contribution in [2.75, 3.05) is 6.61 Å². The molecule has 5 aromatic rings. The van der Waals surface area contributed by atoms with Crippen molar-refractivity contribution >= 4 is 16.7 Å². The number of carbonyl (C=O) groups excluding carboxylic acids is 1. The number of nitrogens with one attached hydrogen (secondary N) is 1. The summed E-state index contributed by atoms with van der Waals surface area (Å²) in [6.07, 6.45) is 0. The van der Waals surface area contributed by atoms with Crippen LogP contribution in [-0.2, 0) is 21.7 Å². The van der Waals surface area contributed by atoms with E-state index >= 15 is 0 Å². The average molecular weight is 501 g/mol. The number of rotatable bonds is 7. The van der Waals surface area contributed by atoms with Crippen LogP contribution in [0.3, 0.4) is 0 Å². The molecule has 5 nitrogen and oxygen atoms in total. The van der Waals surface area contributed by atoms with Crippen LogP contribution < -0.4 is 5.32 Å². The van der Waals surface area contributed by atoms with Crippen molar-refractivity contribution in [3.05, 3.63) is 150 Å². The Morgan fingerprint density at radius 3 is 1.84 bits per heavy atom. The molecular weight excluding hydrogens is 472 g/mol. The summed E-state index contributed by atoms with van der Waals surface area (Å²) in [6, 6.07) is 40.9. The number of nitrogens with zero attached hydrogens (tertiary/aromatic N) is 1. The Hall–Kier alpha value is -4.45. The molecule has 0 aromatic heterocycles. The molecule has 2 N–H and O–H groups in total. The van der Waals surface area contributed by atoms with Crippen LogP contribution in [0.25, 0.3) is 10.8 Å². The molecule has 38 heavy (non-hydrogen) atoms. The quantitative estimate of drug-likeness (QED) is 0.279. The van der Waals surface area contributed by atoms with Crippen LogP contribution in [-0.4, -0.2) is 28.7 Å². The Bertz CT molecular complexity index is 1460. The summed E-state index contributed by atoms with van der Waals surface area (Å²) in [7, 11) is 0. The highest BCUT2D eigenvalue weighted by Crippen LogP contribution is 2.44. The lowest BCUT2D eigenvalue weighted by atomic mass is 9.76. The van der Waals surface area contributed by atoms with Gasteiger partial charge in [-0.25, -0.2) is 5.06 Å². The lowest BCUT2D eigenvalue weighted by Gasteiger charge is -2.41. The monoisotopic (exact) mass is 500 g/mol. The summed E-state index contributed by atoms with van der Waals surface area (Å²) in [5.74, 6) is 0.0351. The van der Waals surface area contributed by atoms with Crippen molar-refractivity contribution in [2.45, 2.75) is 18.1 Å². The van der Waals surface area contributed by atoms with E-state index in [2.05, 4.69) is 5.32 Å². The number of hydroxylamine groups is 2. The zero-order chi connectivity index (χ0) is 26.0. The zero-order valence-corrected chi connectivity index (χ0v) is 20.8. The molecule has 1 fully saturated rings. The van der Waals surface area contributed by atoms with Crippen LogP contribution in [0.1, 0.15) is 22.3 Å². The maximum absolute atomic E-state index is 14.1.